The third-order valence-electron chi connectivity index (χ3n) is 3.46. The van der Waals surface area contributed by atoms with Crippen LogP contribution in [0.15, 0.2) is 75.6 Å². The van der Waals surface area contributed by atoms with Crippen molar-refractivity contribution in [1.29, 1.82) is 0 Å². The summed E-state index contributed by atoms with van der Waals surface area (Å²) in [5, 5.41) is 2.76. The standard InChI is InChI=1S/C20H18BrNO4/c21-15-5-4-8-17(13-15)25-14-18-9-10-19(26-18)20(23)22-11-12-24-16-6-2-1-3-7-16/h1-10,13H,11-12,14H2,(H,22,23). The zero-order chi connectivity index (χ0) is 18.2. The number of ether oxygens (including phenoxy) is 2. The molecule has 1 heterocycles. The van der Waals surface area contributed by atoms with Crippen molar-refractivity contribution in [2.24, 2.45) is 0 Å². The first kappa shape index (κ1) is 18.1. The third kappa shape index (κ3) is 5.39. The number of amides is 1. The summed E-state index contributed by atoms with van der Waals surface area (Å²) in [6, 6.07) is 20.3. The van der Waals surface area contributed by atoms with E-state index in [2.05, 4.69) is 21.2 Å². The fourth-order valence-corrected chi connectivity index (χ4v) is 2.60. The molecule has 0 saturated carbocycles. The first-order chi connectivity index (χ1) is 12.7. The second kappa shape index (κ2) is 9.10. The van der Waals surface area contributed by atoms with Crippen LogP contribution in [-0.4, -0.2) is 19.1 Å². The summed E-state index contributed by atoms with van der Waals surface area (Å²) < 4.78 is 17.6. The van der Waals surface area contributed by atoms with Gasteiger partial charge >= 0.3 is 0 Å². The van der Waals surface area contributed by atoms with Crippen molar-refractivity contribution in [1.82, 2.24) is 5.32 Å². The van der Waals surface area contributed by atoms with Gasteiger partial charge in [0, 0.05) is 4.47 Å². The summed E-state index contributed by atoms with van der Waals surface area (Å²) in [7, 11) is 0. The molecule has 0 unspecified atom stereocenters. The van der Waals surface area contributed by atoms with Crippen molar-refractivity contribution < 1.29 is 18.7 Å². The fraction of sp³-hybridized carbons (Fsp3) is 0.150. The van der Waals surface area contributed by atoms with Crippen molar-refractivity contribution in [3.8, 4) is 11.5 Å². The predicted octanol–water partition coefficient (Wildman–Crippen LogP) is 4.43. The highest BCUT2D eigenvalue weighted by Gasteiger charge is 2.11. The summed E-state index contributed by atoms with van der Waals surface area (Å²) in [4.78, 5) is 12.1. The molecule has 134 valence electrons. The molecule has 0 spiro atoms. The van der Waals surface area contributed by atoms with E-state index in [4.69, 9.17) is 13.9 Å². The van der Waals surface area contributed by atoms with Gasteiger partial charge in [-0.25, -0.2) is 0 Å². The van der Waals surface area contributed by atoms with E-state index in [1.54, 1.807) is 12.1 Å². The zero-order valence-corrected chi connectivity index (χ0v) is 15.6. The molecule has 1 N–H and O–H groups in total. The number of benzene rings is 2. The zero-order valence-electron chi connectivity index (χ0n) is 14.0. The minimum absolute atomic E-state index is 0.248. The molecule has 0 aliphatic carbocycles. The average molecular weight is 416 g/mol. The Bertz CT molecular complexity index is 848. The first-order valence-electron chi connectivity index (χ1n) is 8.14. The molecular weight excluding hydrogens is 398 g/mol. The van der Waals surface area contributed by atoms with Crippen molar-refractivity contribution in [3.63, 3.8) is 0 Å². The SMILES string of the molecule is O=C(NCCOc1ccccc1)c1ccc(COc2cccc(Br)c2)o1. The molecule has 0 atom stereocenters. The lowest BCUT2D eigenvalue weighted by Crippen LogP contribution is -2.27. The molecule has 0 aliphatic rings. The van der Waals surface area contributed by atoms with E-state index in [9.17, 15) is 4.79 Å². The lowest BCUT2D eigenvalue weighted by Gasteiger charge is -2.06. The molecule has 0 radical (unpaired) electrons. The van der Waals surface area contributed by atoms with Gasteiger partial charge in [-0.2, -0.15) is 0 Å². The molecule has 6 heteroatoms. The van der Waals surface area contributed by atoms with Gasteiger partial charge in [-0.05, 0) is 42.5 Å². The van der Waals surface area contributed by atoms with E-state index in [1.807, 2.05) is 54.6 Å². The number of halogens is 1. The molecular formula is C20H18BrNO4. The maximum absolute atomic E-state index is 12.1. The second-order valence-corrected chi connectivity index (χ2v) is 6.35. The van der Waals surface area contributed by atoms with Crippen molar-refractivity contribution in [3.05, 3.63) is 82.7 Å². The number of carbonyl (C=O) groups is 1. The molecule has 5 nitrogen and oxygen atoms in total. The monoisotopic (exact) mass is 415 g/mol. The summed E-state index contributed by atoms with van der Waals surface area (Å²) in [5.41, 5.74) is 0. The van der Waals surface area contributed by atoms with E-state index in [-0.39, 0.29) is 18.3 Å². The highest BCUT2D eigenvalue weighted by atomic mass is 79.9. The molecule has 2 aromatic carbocycles. The topological polar surface area (TPSA) is 60.7 Å². The van der Waals surface area contributed by atoms with Gasteiger partial charge in [-0.15, -0.1) is 0 Å². The third-order valence-corrected chi connectivity index (χ3v) is 3.96. The molecule has 0 bridgehead atoms. The van der Waals surface area contributed by atoms with Gasteiger partial charge in [0.15, 0.2) is 5.76 Å². The minimum Gasteiger partial charge on any atom is -0.492 e. The molecule has 0 aliphatic heterocycles. The van der Waals surface area contributed by atoms with Crippen LogP contribution in [0.25, 0.3) is 0 Å². The lowest BCUT2D eigenvalue weighted by atomic mass is 10.3. The van der Waals surface area contributed by atoms with E-state index in [1.165, 1.54) is 0 Å². The Labute approximate surface area is 160 Å². The molecule has 3 aromatic rings. The summed E-state index contributed by atoms with van der Waals surface area (Å²) in [5.74, 6) is 2.04. The van der Waals surface area contributed by atoms with E-state index in [0.29, 0.717) is 18.9 Å². The lowest BCUT2D eigenvalue weighted by molar-refractivity contribution is 0.0915. The maximum atomic E-state index is 12.1. The van der Waals surface area contributed by atoms with Gasteiger partial charge in [0.2, 0.25) is 0 Å². The Balaban J connectivity index is 1.42. The van der Waals surface area contributed by atoms with Gasteiger partial charge in [-0.3, -0.25) is 4.79 Å². The number of hydrogen-bond acceptors (Lipinski definition) is 4. The van der Waals surface area contributed by atoms with E-state index in [0.717, 1.165) is 16.0 Å². The molecule has 1 aromatic heterocycles. The minimum atomic E-state index is -0.282. The van der Waals surface area contributed by atoms with Crippen LogP contribution in [-0.2, 0) is 6.61 Å². The van der Waals surface area contributed by atoms with E-state index < -0.39 is 0 Å². The van der Waals surface area contributed by atoms with E-state index >= 15 is 0 Å². The number of hydrogen-bond donors (Lipinski definition) is 1. The van der Waals surface area contributed by atoms with Crippen LogP contribution in [0.5, 0.6) is 11.5 Å². The molecule has 3 rings (SSSR count). The van der Waals surface area contributed by atoms with Crippen LogP contribution in [0.2, 0.25) is 0 Å². The van der Waals surface area contributed by atoms with Gasteiger partial charge in [-0.1, -0.05) is 40.2 Å². The molecule has 26 heavy (non-hydrogen) atoms. The second-order valence-electron chi connectivity index (χ2n) is 5.43. The fourth-order valence-electron chi connectivity index (χ4n) is 2.23. The van der Waals surface area contributed by atoms with Crippen molar-refractivity contribution in [2.75, 3.05) is 13.2 Å². The Hall–Kier alpha value is -2.73. The summed E-state index contributed by atoms with van der Waals surface area (Å²) >= 11 is 3.39. The smallest absolute Gasteiger partial charge is 0.287 e. The Morgan fingerprint density at radius 3 is 2.58 bits per heavy atom. The molecule has 0 saturated heterocycles. The van der Waals surface area contributed by atoms with Crippen LogP contribution in [0.3, 0.4) is 0 Å². The molecule has 1 amide bonds. The van der Waals surface area contributed by atoms with Crippen LogP contribution in [0, 0.1) is 0 Å². The summed E-state index contributed by atoms with van der Waals surface area (Å²) in [6.07, 6.45) is 0. The van der Waals surface area contributed by atoms with Gasteiger partial charge in [0.05, 0.1) is 6.54 Å². The number of para-hydroxylation sites is 1. The number of furan rings is 1. The normalized spacial score (nSPS) is 10.3. The number of nitrogens with one attached hydrogen (secondary N) is 1. The first-order valence-corrected chi connectivity index (χ1v) is 8.93. The quantitative estimate of drug-likeness (QED) is 0.552. The largest absolute Gasteiger partial charge is 0.492 e. The van der Waals surface area contributed by atoms with Crippen molar-refractivity contribution >= 4 is 21.8 Å². The van der Waals surface area contributed by atoms with Crippen LogP contribution < -0.4 is 14.8 Å². The number of carbonyl (C=O) groups excluding carboxylic acids is 1. The van der Waals surface area contributed by atoms with Gasteiger partial charge < -0.3 is 19.2 Å². The maximum Gasteiger partial charge on any atom is 0.287 e. The highest BCUT2D eigenvalue weighted by Crippen LogP contribution is 2.19. The Morgan fingerprint density at radius 1 is 0.962 bits per heavy atom. The average Bonchev–Trinajstić information content (AvgIpc) is 3.13. The van der Waals surface area contributed by atoms with Gasteiger partial charge in [0.1, 0.15) is 30.5 Å². The van der Waals surface area contributed by atoms with Crippen LogP contribution >= 0.6 is 15.9 Å². The number of rotatable bonds is 8. The molecule has 0 fully saturated rings. The van der Waals surface area contributed by atoms with Crippen LogP contribution in [0.1, 0.15) is 16.3 Å². The highest BCUT2D eigenvalue weighted by molar-refractivity contribution is 9.10. The summed E-state index contributed by atoms with van der Waals surface area (Å²) in [6.45, 7) is 1.02. The van der Waals surface area contributed by atoms with Crippen LogP contribution in [0.4, 0.5) is 0 Å². The Kier molecular flexibility index (Phi) is 6.33. The Morgan fingerprint density at radius 2 is 1.77 bits per heavy atom. The van der Waals surface area contributed by atoms with Gasteiger partial charge in [0.25, 0.3) is 5.91 Å². The predicted molar refractivity (Wildman–Crippen MR) is 101 cm³/mol. The van der Waals surface area contributed by atoms with Crippen molar-refractivity contribution in [2.45, 2.75) is 6.61 Å².